The van der Waals surface area contributed by atoms with E-state index < -0.39 is 17.9 Å². The van der Waals surface area contributed by atoms with Crippen molar-refractivity contribution in [1.82, 2.24) is 5.32 Å². The Morgan fingerprint density at radius 2 is 1.83 bits per heavy atom. The second kappa shape index (κ2) is 7.63. The van der Waals surface area contributed by atoms with E-state index in [0.29, 0.717) is 12.2 Å². The molecule has 5 nitrogen and oxygen atoms in total. The minimum atomic E-state index is -1.03. The molecule has 0 bridgehead atoms. The Balaban J connectivity index is 1.99. The molecule has 0 aliphatic carbocycles. The molecule has 0 saturated heterocycles. The molecule has 1 atom stereocenters. The van der Waals surface area contributed by atoms with Crippen molar-refractivity contribution in [3.8, 4) is 5.75 Å². The van der Waals surface area contributed by atoms with Crippen LogP contribution in [0.25, 0.3) is 10.8 Å². The first-order valence-corrected chi connectivity index (χ1v) is 7.60. The summed E-state index contributed by atoms with van der Waals surface area (Å²) in [5.41, 5.74) is 0. The highest BCUT2D eigenvalue weighted by Crippen LogP contribution is 2.24. The van der Waals surface area contributed by atoms with Gasteiger partial charge in [-0.05, 0) is 23.8 Å². The number of aliphatic carboxylic acids is 1. The van der Waals surface area contributed by atoms with Crippen molar-refractivity contribution in [2.24, 2.45) is 5.92 Å². The number of hydrogen-bond acceptors (Lipinski definition) is 3. The predicted molar refractivity (Wildman–Crippen MR) is 88.5 cm³/mol. The zero-order chi connectivity index (χ0) is 16.8. The summed E-state index contributed by atoms with van der Waals surface area (Å²) >= 11 is 0. The summed E-state index contributed by atoms with van der Waals surface area (Å²) < 4.78 is 5.56. The van der Waals surface area contributed by atoms with Crippen LogP contribution in [0.4, 0.5) is 0 Å². The summed E-state index contributed by atoms with van der Waals surface area (Å²) in [5, 5.41) is 13.6. The van der Waals surface area contributed by atoms with Gasteiger partial charge in [0.15, 0.2) is 6.61 Å². The summed E-state index contributed by atoms with van der Waals surface area (Å²) in [6, 6.07) is 12.4. The highest BCUT2D eigenvalue weighted by molar-refractivity contribution is 5.89. The topological polar surface area (TPSA) is 75.6 Å². The maximum atomic E-state index is 11.9. The number of carboxylic acid groups (broad SMARTS) is 1. The van der Waals surface area contributed by atoms with Gasteiger partial charge in [0.05, 0.1) is 0 Å². The molecule has 0 heterocycles. The van der Waals surface area contributed by atoms with Gasteiger partial charge in [-0.15, -0.1) is 0 Å². The summed E-state index contributed by atoms with van der Waals surface area (Å²) in [6.45, 7) is 3.61. The lowest BCUT2D eigenvalue weighted by Crippen LogP contribution is -2.43. The lowest BCUT2D eigenvalue weighted by molar-refractivity contribution is -0.142. The van der Waals surface area contributed by atoms with Crippen LogP contribution in [-0.2, 0) is 9.59 Å². The zero-order valence-corrected chi connectivity index (χ0v) is 13.3. The van der Waals surface area contributed by atoms with Gasteiger partial charge in [-0.3, -0.25) is 4.79 Å². The number of carbonyl (C=O) groups excluding carboxylic acids is 1. The van der Waals surface area contributed by atoms with E-state index in [1.165, 1.54) is 0 Å². The van der Waals surface area contributed by atoms with E-state index >= 15 is 0 Å². The van der Waals surface area contributed by atoms with Crippen molar-refractivity contribution in [3.63, 3.8) is 0 Å². The van der Waals surface area contributed by atoms with Crippen molar-refractivity contribution < 1.29 is 19.4 Å². The van der Waals surface area contributed by atoms with Gasteiger partial charge in [-0.25, -0.2) is 4.79 Å². The van der Waals surface area contributed by atoms with E-state index in [1.54, 1.807) is 6.07 Å². The first-order chi connectivity index (χ1) is 11.0. The molecule has 0 spiro atoms. The molecular weight excluding hydrogens is 294 g/mol. The van der Waals surface area contributed by atoms with Crippen molar-refractivity contribution >= 4 is 22.6 Å². The highest BCUT2D eigenvalue weighted by Gasteiger charge is 2.21. The fraction of sp³-hybridized carbons (Fsp3) is 0.333. The third kappa shape index (κ3) is 4.71. The monoisotopic (exact) mass is 315 g/mol. The predicted octanol–water partition coefficient (Wildman–Crippen LogP) is 2.83. The maximum absolute atomic E-state index is 11.9. The van der Waals surface area contributed by atoms with Crippen molar-refractivity contribution in [3.05, 3.63) is 42.5 Å². The Hall–Kier alpha value is -2.56. The summed E-state index contributed by atoms with van der Waals surface area (Å²) in [4.78, 5) is 23.1. The molecule has 1 amide bonds. The van der Waals surface area contributed by atoms with Crippen molar-refractivity contribution in [1.29, 1.82) is 0 Å². The van der Waals surface area contributed by atoms with Crippen LogP contribution in [0.5, 0.6) is 5.75 Å². The Labute approximate surface area is 135 Å². The molecule has 0 aliphatic heterocycles. The Morgan fingerprint density at radius 3 is 2.52 bits per heavy atom. The van der Waals surface area contributed by atoms with Gasteiger partial charge < -0.3 is 15.2 Å². The minimum Gasteiger partial charge on any atom is -0.483 e. The summed E-state index contributed by atoms with van der Waals surface area (Å²) in [7, 11) is 0. The first-order valence-electron chi connectivity index (χ1n) is 7.60. The lowest BCUT2D eigenvalue weighted by Gasteiger charge is -2.17. The Morgan fingerprint density at radius 1 is 1.13 bits per heavy atom. The zero-order valence-electron chi connectivity index (χ0n) is 13.3. The summed E-state index contributed by atoms with van der Waals surface area (Å²) in [6.07, 6.45) is 0.384. The quantitative estimate of drug-likeness (QED) is 0.824. The van der Waals surface area contributed by atoms with Crippen LogP contribution in [0.15, 0.2) is 42.5 Å². The number of carbonyl (C=O) groups is 2. The van der Waals surface area contributed by atoms with Gasteiger partial charge in [-0.1, -0.05) is 50.2 Å². The van der Waals surface area contributed by atoms with E-state index in [2.05, 4.69) is 5.32 Å². The third-order valence-corrected chi connectivity index (χ3v) is 3.45. The first kappa shape index (κ1) is 16.8. The Bertz CT molecular complexity index is 691. The molecule has 0 aliphatic rings. The lowest BCUT2D eigenvalue weighted by atomic mass is 10.0. The number of carboxylic acids is 1. The number of rotatable bonds is 7. The van der Waals surface area contributed by atoms with Gasteiger partial charge in [-0.2, -0.15) is 0 Å². The fourth-order valence-electron chi connectivity index (χ4n) is 2.39. The smallest absolute Gasteiger partial charge is 0.326 e. The number of hydrogen-bond donors (Lipinski definition) is 2. The van der Waals surface area contributed by atoms with E-state index in [0.717, 1.165) is 10.8 Å². The molecule has 0 unspecified atom stereocenters. The molecule has 0 radical (unpaired) electrons. The number of benzene rings is 2. The SMILES string of the molecule is CC(C)C[C@@H](NC(=O)COc1cccc2ccccc12)C(=O)O. The molecule has 23 heavy (non-hydrogen) atoms. The molecule has 5 heteroatoms. The third-order valence-electron chi connectivity index (χ3n) is 3.45. The van der Waals surface area contributed by atoms with Crippen molar-refractivity contribution in [2.75, 3.05) is 6.61 Å². The standard InChI is InChI=1S/C18H21NO4/c1-12(2)10-15(18(21)22)19-17(20)11-23-16-9-5-7-13-6-3-4-8-14(13)16/h3-9,12,15H,10-11H2,1-2H3,(H,19,20)(H,21,22)/t15-/m1/s1. The molecular formula is C18H21NO4. The molecule has 2 aromatic rings. The minimum absolute atomic E-state index is 0.176. The fourth-order valence-corrected chi connectivity index (χ4v) is 2.39. The molecule has 0 aromatic heterocycles. The average Bonchev–Trinajstić information content (AvgIpc) is 2.51. The maximum Gasteiger partial charge on any atom is 0.326 e. The van der Waals surface area contributed by atoms with Crippen LogP contribution in [0, 0.1) is 5.92 Å². The van der Waals surface area contributed by atoms with Crippen LogP contribution < -0.4 is 10.1 Å². The average molecular weight is 315 g/mol. The molecule has 0 saturated carbocycles. The highest BCUT2D eigenvalue weighted by atomic mass is 16.5. The number of nitrogens with one attached hydrogen (secondary N) is 1. The van der Waals surface area contributed by atoms with Crippen molar-refractivity contribution in [2.45, 2.75) is 26.3 Å². The van der Waals surface area contributed by atoms with E-state index in [1.807, 2.05) is 50.2 Å². The van der Waals surface area contributed by atoms with Gasteiger partial charge in [0.2, 0.25) is 0 Å². The van der Waals surface area contributed by atoms with Crippen LogP contribution in [0.1, 0.15) is 20.3 Å². The van der Waals surface area contributed by atoms with Gasteiger partial charge in [0.25, 0.3) is 5.91 Å². The number of amides is 1. The largest absolute Gasteiger partial charge is 0.483 e. The normalized spacial score (nSPS) is 12.1. The second-order valence-electron chi connectivity index (χ2n) is 5.85. The van der Waals surface area contributed by atoms with Gasteiger partial charge in [0, 0.05) is 5.39 Å². The van der Waals surface area contributed by atoms with Crippen LogP contribution in [0.3, 0.4) is 0 Å². The van der Waals surface area contributed by atoms with E-state index in [4.69, 9.17) is 9.84 Å². The van der Waals surface area contributed by atoms with Crippen LogP contribution in [-0.4, -0.2) is 29.6 Å². The second-order valence-corrected chi connectivity index (χ2v) is 5.85. The molecule has 0 fully saturated rings. The van der Waals surface area contributed by atoms with Gasteiger partial charge in [0.1, 0.15) is 11.8 Å². The van der Waals surface area contributed by atoms with Crippen LogP contribution >= 0.6 is 0 Å². The molecule has 2 aromatic carbocycles. The van der Waals surface area contributed by atoms with E-state index in [-0.39, 0.29) is 12.5 Å². The molecule has 2 N–H and O–H groups in total. The Kier molecular flexibility index (Phi) is 5.57. The molecule has 122 valence electrons. The molecule has 2 rings (SSSR count). The summed E-state index contributed by atoms with van der Waals surface area (Å²) in [5.74, 6) is -0.687. The van der Waals surface area contributed by atoms with Gasteiger partial charge >= 0.3 is 5.97 Å². The van der Waals surface area contributed by atoms with Crippen LogP contribution in [0.2, 0.25) is 0 Å². The number of ether oxygens (including phenoxy) is 1. The van der Waals surface area contributed by atoms with E-state index in [9.17, 15) is 9.59 Å². The number of fused-ring (bicyclic) bond motifs is 1.